The van der Waals surface area contributed by atoms with Crippen LogP contribution in [0.4, 0.5) is 0 Å². The van der Waals surface area contributed by atoms with Gasteiger partial charge in [-0.2, -0.15) is 4.98 Å². The van der Waals surface area contributed by atoms with Gasteiger partial charge in [0, 0.05) is 23.7 Å². The zero-order valence-corrected chi connectivity index (χ0v) is 14.9. The van der Waals surface area contributed by atoms with Gasteiger partial charge in [-0.25, -0.2) is 4.79 Å². The third-order valence-electron chi connectivity index (χ3n) is 4.23. The Hall–Kier alpha value is -3.61. The van der Waals surface area contributed by atoms with Gasteiger partial charge in [0.15, 0.2) is 5.58 Å². The van der Waals surface area contributed by atoms with Gasteiger partial charge >= 0.3 is 5.76 Å². The lowest BCUT2D eigenvalue weighted by atomic mass is 10.2. The third-order valence-corrected chi connectivity index (χ3v) is 4.23. The van der Waals surface area contributed by atoms with Crippen molar-refractivity contribution in [2.45, 2.75) is 13.5 Å². The van der Waals surface area contributed by atoms with Crippen LogP contribution in [0, 0.1) is 0 Å². The van der Waals surface area contributed by atoms with Crippen molar-refractivity contribution in [1.29, 1.82) is 0 Å². The highest BCUT2D eigenvalue weighted by Gasteiger charge is 2.12. The maximum Gasteiger partial charge on any atom is 0.419 e. The molecule has 2 aromatic heterocycles. The molecule has 0 fully saturated rings. The van der Waals surface area contributed by atoms with Crippen LogP contribution in [-0.2, 0) is 6.54 Å². The van der Waals surface area contributed by atoms with Crippen molar-refractivity contribution in [3.8, 4) is 17.1 Å². The fraction of sp³-hybridized carbons (Fsp3) is 0.150. The molecule has 7 heteroatoms. The largest absolute Gasteiger partial charge is 0.496 e. The van der Waals surface area contributed by atoms with E-state index in [-0.39, 0.29) is 5.76 Å². The lowest BCUT2D eigenvalue weighted by Gasteiger charge is -2.02. The summed E-state index contributed by atoms with van der Waals surface area (Å²) in [6.45, 7) is 2.44. The zero-order chi connectivity index (χ0) is 18.8. The Balaban J connectivity index is 1.63. The lowest BCUT2D eigenvalue weighted by molar-refractivity contribution is 0.411. The number of rotatable bonds is 5. The molecule has 7 nitrogen and oxygen atoms in total. The molecule has 0 amide bonds. The van der Waals surface area contributed by atoms with E-state index in [1.165, 1.54) is 0 Å². The minimum Gasteiger partial charge on any atom is -0.496 e. The molecule has 0 saturated carbocycles. The number of ether oxygens (including phenoxy) is 1. The highest BCUT2D eigenvalue weighted by atomic mass is 16.5. The molecule has 0 aliphatic carbocycles. The SMILES string of the molecule is CCn1c(=O)oc2cc(-c3noc(C=Cc4ccccc4OC)n3)ccc21. The maximum atomic E-state index is 11.8. The Morgan fingerprint density at radius 3 is 2.85 bits per heavy atom. The van der Waals surface area contributed by atoms with Crippen molar-refractivity contribution < 1.29 is 13.7 Å². The number of aromatic nitrogens is 3. The molecule has 4 aromatic rings. The standard InChI is InChI=1S/C20H17N3O4/c1-3-23-15-10-8-14(12-17(15)26-20(23)24)19-21-18(27-22-19)11-9-13-6-4-5-7-16(13)25-2/h4-12H,3H2,1-2H3. The van der Waals surface area contributed by atoms with Gasteiger partial charge in [0.1, 0.15) is 5.75 Å². The van der Waals surface area contributed by atoms with Crippen LogP contribution in [0.5, 0.6) is 5.75 Å². The third kappa shape index (κ3) is 3.15. The molecule has 27 heavy (non-hydrogen) atoms. The van der Waals surface area contributed by atoms with E-state index in [0.29, 0.717) is 29.4 Å². The molecular formula is C20H17N3O4. The summed E-state index contributed by atoms with van der Waals surface area (Å²) >= 11 is 0. The number of nitrogens with zero attached hydrogens (tertiary/aromatic N) is 3. The number of hydrogen-bond donors (Lipinski definition) is 0. The quantitative estimate of drug-likeness (QED) is 0.536. The minimum absolute atomic E-state index is 0.364. The Kier molecular flexibility index (Phi) is 4.33. The summed E-state index contributed by atoms with van der Waals surface area (Å²) in [6, 6.07) is 13.0. The van der Waals surface area contributed by atoms with Crippen molar-refractivity contribution >= 4 is 23.3 Å². The first kappa shape index (κ1) is 16.8. The Morgan fingerprint density at radius 2 is 2.04 bits per heavy atom. The Morgan fingerprint density at radius 1 is 1.19 bits per heavy atom. The molecule has 0 radical (unpaired) electrons. The van der Waals surface area contributed by atoms with E-state index in [0.717, 1.165) is 16.8 Å². The molecule has 0 spiro atoms. The van der Waals surface area contributed by atoms with Crippen LogP contribution in [-0.4, -0.2) is 21.8 Å². The van der Waals surface area contributed by atoms with Gasteiger partial charge in [-0.15, -0.1) is 0 Å². The summed E-state index contributed by atoms with van der Waals surface area (Å²) < 4.78 is 17.5. The second kappa shape index (κ2) is 6.95. The predicted molar refractivity (Wildman–Crippen MR) is 101 cm³/mol. The zero-order valence-electron chi connectivity index (χ0n) is 14.9. The van der Waals surface area contributed by atoms with Crippen LogP contribution in [0.1, 0.15) is 18.4 Å². The average molecular weight is 363 g/mol. The van der Waals surface area contributed by atoms with Crippen molar-refractivity contribution in [2.75, 3.05) is 7.11 Å². The predicted octanol–water partition coefficient (Wildman–Crippen LogP) is 3.84. The fourth-order valence-corrected chi connectivity index (χ4v) is 2.89. The van der Waals surface area contributed by atoms with E-state index < -0.39 is 0 Å². The molecule has 2 heterocycles. The fourth-order valence-electron chi connectivity index (χ4n) is 2.89. The number of fused-ring (bicyclic) bond motifs is 1. The van der Waals surface area contributed by atoms with E-state index >= 15 is 0 Å². The number of para-hydroxylation sites is 1. The first-order valence-electron chi connectivity index (χ1n) is 8.48. The normalized spacial score (nSPS) is 11.5. The van der Waals surface area contributed by atoms with Gasteiger partial charge < -0.3 is 13.7 Å². The summed E-state index contributed by atoms with van der Waals surface area (Å²) in [4.78, 5) is 16.2. The summed E-state index contributed by atoms with van der Waals surface area (Å²) in [7, 11) is 1.62. The van der Waals surface area contributed by atoms with Crippen molar-refractivity contribution in [3.05, 3.63) is 64.5 Å². The minimum atomic E-state index is -0.377. The highest BCUT2D eigenvalue weighted by molar-refractivity contribution is 5.79. The smallest absolute Gasteiger partial charge is 0.419 e. The van der Waals surface area contributed by atoms with Crippen molar-refractivity contribution in [3.63, 3.8) is 0 Å². The van der Waals surface area contributed by atoms with Gasteiger partial charge in [0.2, 0.25) is 5.82 Å². The van der Waals surface area contributed by atoms with Crippen LogP contribution < -0.4 is 10.5 Å². The molecule has 2 aromatic carbocycles. The van der Waals surface area contributed by atoms with Crippen LogP contribution in [0.25, 0.3) is 34.6 Å². The number of benzene rings is 2. The molecule has 0 aliphatic heterocycles. The monoisotopic (exact) mass is 363 g/mol. The number of oxazole rings is 1. The summed E-state index contributed by atoms with van der Waals surface area (Å²) in [5.41, 5.74) is 2.85. The Bertz CT molecular complexity index is 1180. The molecule has 0 atom stereocenters. The van der Waals surface area contributed by atoms with Crippen LogP contribution in [0.15, 0.2) is 56.2 Å². The molecule has 0 saturated heterocycles. The maximum absolute atomic E-state index is 11.8. The highest BCUT2D eigenvalue weighted by Crippen LogP contribution is 2.23. The van der Waals surface area contributed by atoms with Crippen molar-refractivity contribution in [2.24, 2.45) is 0 Å². The second-order valence-corrected chi connectivity index (χ2v) is 5.83. The van der Waals surface area contributed by atoms with Gasteiger partial charge in [0.05, 0.1) is 12.6 Å². The molecule has 0 aliphatic rings. The molecule has 0 unspecified atom stereocenters. The molecule has 0 N–H and O–H groups in total. The van der Waals surface area contributed by atoms with Gasteiger partial charge in [-0.1, -0.05) is 23.4 Å². The number of methoxy groups -OCH3 is 1. The Labute approximate surface area is 154 Å². The average Bonchev–Trinajstić information content (AvgIpc) is 3.29. The molecule has 136 valence electrons. The van der Waals surface area contributed by atoms with E-state index in [1.54, 1.807) is 23.8 Å². The van der Waals surface area contributed by atoms with E-state index in [2.05, 4.69) is 10.1 Å². The number of aryl methyl sites for hydroxylation is 1. The summed E-state index contributed by atoms with van der Waals surface area (Å²) in [5, 5.41) is 4.00. The van der Waals surface area contributed by atoms with E-state index in [1.807, 2.05) is 49.4 Å². The first-order valence-corrected chi connectivity index (χ1v) is 8.48. The van der Waals surface area contributed by atoms with Crippen molar-refractivity contribution in [1.82, 2.24) is 14.7 Å². The first-order chi connectivity index (χ1) is 13.2. The molecular weight excluding hydrogens is 346 g/mol. The summed E-state index contributed by atoms with van der Waals surface area (Å²) in [6.07, 6.45) is 3.57. The molecule has 4 rings (SSSR count). The van der Waals surface area contributed by atoms with Crippen LogP contribution >= 0.6 is 0 Å². The van der Waals surface area contributed by atoms with E-state index in [9.17, 15) is 4.79 Å². The second-order valence-electron chi connectivity index (χ2n) is 5.83. The van der Waals surface area contributed by atoms with Gasteiger partial charge in [-0.05, 0) is 37.3 Å². The topological polar surface area (TPSA) is 83.3 Å². The van der Waals surface area contributed by atoms with Crippen LogP contribution in [0.3, 0.4) is 0 Å². The lowest BCUT2D eigenvalue weighted by Crippen LogP contribution is -2.11. The van der Waals surface area contributed by atoms with Crippen LogP contribution in [0.2, 0.25) is 0 Å². The molecule has 0 bridgehead atoms. The summed E-state index contributed by atoms with van der Waals surface area (Å²) in [5.74, 6) is 1.17. The number of hydrogen-bond acceptors (Lipinski definition) is 6. The van der Waals surface area contributed by atoms with E-state index in [4.69, 9.17) is 13.7 Å². The van der Waals surface area contributed by atoms with Gasteiger partial charge in [0.25, 0.3) is 5.89 Å². The van der Waals surface area contributed by atoms with Gasteiger partial charge in [-0.3, -0.25) is 4.57 Å².